The fraction of sp³-hybridized carbons (Fsp3) is 0.100. The van der Waals surface area contributed by atoms with Crippen molar-refractivity contribution in [2.24, 2.45) is 0 Å². The molecule has 0 saturated heterocycles. The average molecular weight is 384 g/mol. The maximum atomic E-state index is 13.4. The highest BCUT2D eigenvalue weighted by molar-refractivity contribution is 7.19. The van der Waals surface area contributed by atoms with Gasteiger partial charge in [-0.05, 0) is 42.3 Å². The van der Waals surface area contributed by atoms with Crippen LogP contribution >= 0.6 is 11.3 Å². The van der Waals surface area contributed by atoms with E-state index in [1.54, 1.807) is 18.2 Å². The zero-order valence-electron chi connectivity index (χ0n) is 14.3. The Morgan fingerprint density at radius 1 is 1.04 bits per heavy atom. The van der Waals surface area contributed by atoms with Crippen molar-refractivity contribution in [1.82, 2.24) is 9.55 Å². The fourth-order valence-electron chi connectivity index (χ4n) is 3.15. The number of fused-ring (bicyclic) bond motifs is 1. The first-order chi connectivity index (χ1) is 12.9. The molecule has 2 aromatic carbocycles. The molecule has 4 aromatic rings. The Hall–Kier alpha value is -3.06. The van der Waals surface area contributed by atoms with Gasteiger partial charge in [0, 0.05) is 10.4 Å². The lowest BCUT2D eigenvalue weighted by molar-refractivity contribution is 0.621. The number of thiophene rings is 1. The molecule has 0 unspecified atom stereocenters. The van der Waals surface area contributed by atoms with Gasteiger partial charge in [0.25, 0.3) is 5.56 Å². The Morgan fingerprint density at radius 3 is 2.48 bits per heavy atom. The van der Waals surface area contributed by atoms with Gasteiger partial charge in [0.2, 0.25) is 0 Å². The van der Waals surface area contributed by atoms with E-state index in [1.165, 1.54) is 41.7 Å². The van der Waals surface area contributed by atoms with Gasteiger partial charge < -0.3 is 0 Å². The highest BCUT2D eigenvalue weighted by Crippen LogP contribution is 2.35. The summed E-state index contributed by atoms with van der Waals surface area (Å²) in [4.78, 5) is 29.6. The Balaban J connectivity index is 1.94. The molecule has 0 spiro atoms. The van der Waals surface area contributed by atoms with Crippen LogP contribution in [0.3, 0.4) is 0 Å². The zero-order valence-corrected chi connectivity index (χ0v) is 15.1. The highest BCUT2D eigenvalue weighted by atomic mass is 32.1. The number of hydrogen-bond acceptors (Lipinski definition) is 3. The minimum absolute atomic E-state index is 0.0420. The van der Waals surface area contributed by atoms with Crippen LogP contribution in [0.4, 0.5) is 8.78 Å². The number of aromatic nitrogens is 2. The van der Waals surface area contributed by atoms with Crippen molar-refractivity contribution in [2.75, 3.05) is 0 Å². The molecule has 136 valence electrons. The second-order valence-corrected chi connectivity index (χ2v) is 7.42. The first-order valence-corrected chi connectivity index (χ1v) is 9.02. The van der Waals surface area contributed by atoms with Gasteiger partial charge in [0.1, 0.15) is 16.5 Å². The molecule has 1 N–H and O–H groups in total. The van der Waals surface area contributed by atoms with Gasteiger partial charge in [-0.3, -0.25) is 14.3 Å². The van der Waals surface area contributed by atoms with Crippen LogP contribution in [-0.4, -0.2) is 9.55 Å². The summed E-state index contributed by atoms with van der Waals surface area (Å²) in [5.41, 5.74) is 0.869. The summed E-state index contributed by atoms with van der Waals surface area (Å²) in [5.74, 6) is -0.802. The third-order valence-electron chi connectivity index (χ3n) is 4.37. The number of aryl methyl sites for hydroxylation is 1. The topological polar surface area (TPSA) is 54.9 Å². The van der Waals surface area contributed by atoms with Crippen molar-refractivity contribution < 1.29 is 8.78 Å². The smallest absolute Gasteiger partial charge is 0.298 e. The number of H-pyrrole nitrogens is 1. The summed E-state index contributed by atoms with van der Waals surface area (Å²) in [6, 6.07) is 11.6. The highest BCUT2D eigenvalue weighted by Gasteiger charge is 2.18. The molecular formula is C20H14F2N2O2S. The van der Waals surface area contributed by atoms with Crippen molar-refractivity contribution >= 4 is 21.6 Å². The minimum atomic E-state index is -0.552. The van der Waals surface area contributed by atoms with Crippen LogP contribution in [0.15, 0.2) is 58.1 Å². The van der Waals surface area contributed by atoms with Crippen molar-refractivity contribution in [2.45, 2.75) is 13.5 Å². The molecule has 4 nitrogen and oxygen atoms in total. The quantitative estimate of drug-likeness (QED) is 0.579. The molecule has 0 aliphatic rings. The third kappa shape index (κ3) is 3.10. The number of aromatic amines is 1. The SMILES string of the molecule is Cc1sc2[nH]c(=O)n(Cc3cccc(F)c3)c(=O)c2c1-c1ccc(F)cc1. The summed E-state index contributed by atoms with van der Waals surface area (Å²) in [7, 11) is 0. The predicted molar refractivity (Wildman–Crippen MR) is 102 cm³/mol. The van der Waals surface area contributed by atoms with Crippen molar-refractivity contribution in [3.63, 3.8) is 0 Å². The van der Waals surface area contributed by atoms with Gasteiger partial charge in [0.15, 0.2) is 0 Å². The van der Waals surface area contributed by atoms with Crippen molar-refractivity contribution in [3.05, 3.63) is 91.4 Å². The van der Waals surface area contributed by atoms with Crippen LogP contribution in [-0.2, 0) is 6.54 Å². The second-order valence-electron chi connectivity index (χ2n) is 6.20. The van der Waals surface area contributed by atoms with E-state index in [-0.39, 0.29) is 12.4 Å². The van der Waals surface area contributed by atoms with Gasteiger partial charge in [-0.15, -0.1) is 11.3 Å². The van der Waals surface area contributed by atoms with Crippen LogP contribution in [0.5, 0.6) is 0 Å². The number of nitrogens with zero attached hydrogens (tertiary/aromatic N) is 1. The summed E-state index contributed by atoms with van der Waals surface area (Å²) >= 11 is 1.30. The molecule has 0 amide bonds. The van der Waals surface area contributed by atoms with Gasteiger partial charge in [-0.1, -0.05) is 24.3 Å². The number of hydrogen-bond donors (Lipinski definition) is 1. The van der Waals surface area contributed by atoms with Gasteiger partial charge in [-0.25, -0.2) is 13.6 Å². The maximum absolute atomic E-state index is 13.4. The van der Waals surface area contributed by atoms with E-state index in [9.17, 15) is 18.4 Å². The molecule has 0 radical (unpaired) electrons. The molecule has 0 saturated carbocycles. The van der Waals surface area contributed by atoms with E-state index in [2.05, 4.69) is 4.98 Å². The number of halogens is 2. The molecule has 27 heavy (non-hydrogen) atoms. The maximum Gasteiger partial charge on any atom is 0.329 e. The molecular weight excluding hydrogens is 370 g/mol. The Morgan fingerprint density at radius 2 is 1.78 bits per heavy atom. The van der Waals surface area contributed by atoms with Crippen molar-refractivity contribution in [1.29, 1.82) is 0 Å². The molecule has 0 fully saturated rings. The largest absolute Gasteiger partial charge is 0.329 e. The number of benzene rings is 2. The van der Waals surface area contributed by atoms with Gasteiger partial charge in [0.05, 0.1) is 11.9 Å². The number of rotatable bonds is 3. The van der Waals surface area contributed by atoms with E-state index < -0.39 is 17.1 Å². The molecule has 7 heteroatoms. The molecule has 0 aliphatic heterocycles. The molecule has 0 aliphatic carbocycles. The van der Waals surface area contributed by atoms with E-state index in [0.29, 0.717) is 26.9 Å². The Kier molecular flexibility index (Phi) is 4.24. The summed E-state index contributed by atoms with van der Waals surface area (Å²) in [5, 5.41) is 0.375. The van der Waals surface area contributed by atoms with E-state index >= 15 is 0 Å². The normalized spacial score (nSPS) is 11.2. The standard InChI is InChI=1S/C20H14F2N2O2S/c1-11-16(13-5-7-14(21)8-6-13)17-18(27-11)23-20(26)24(19(17)25)10-12-3-2-4-15(22)9-12/h2-9H,10H2,1H3,(H,23,26). The van der Waals surface area contributed by atoms with E-state index in [4.69, 9.17) is 0 Å². The summed E-state index contributed by atoms with van der Waals surface area (Å²) in [6.07, 6.45) is 0. The van der Waals surface area contributed by atoms with Crippen LogP contribution in [0.2, 0.25) is 0 Å². The molecule has 0 atom stereocenters. The second kappa shape index (κ2) is 6.59. The lowest BCUT2D eigenvalue weighted by Crippen LogP contribution is -2.35. The van der Waals surface area contributed by atoms with E-state index in [1.807, 2.05) is 6.92 Å². The van der Waals surface area contributed by atoms with Crippen LogP contribution < -0.4 is 11.2 Å². The average Bonchev–Trinajstić information content (AvgIpc) is 2.95. The van der Waals surface area contributed by atoms with Crippen molar-refractivity contribution in [3.8, 4) is 11.1 Å². The Bertz CT molecular complexity index is 1270. The lowest BCUT2D eigenvalue weighted by Gasteiger charge is -2.07. The molecule has 4 rings (SSSR count). The number of nitrogens with one attached hydrogen (secondary N) is 1. The predicted octanol–water partition coefficient (Wildman–Crippen LogP) is 4.05. The Labute approximate surface area is 156 Å². The van der Waals surface area contributed by atoms with Gasteiger partial charge >= 0.3 is 5.69 Å². The molecule has 0 bridgehead atoms. The zero-order chi connectivity index (χ0) is 19.1. The molecule has 2 heterocycles. The van der Waals surface area contributed by atoms with Crippen LogP contribution in [0.1, 0.15) is 10.4 Å². The fourth-order valence-corrected chi connectivity index (χ4v) is 4.21. The minimum Gasteiger partial charge on any atom is -0.298 e. The van der Waals surface area contributed by atoms with Crippen LogP contribution in [0, 0.1) is 18.6 Å². The van der Waals surface area contributed by atoms with E-state index in [0.717, 1.165) is 9.44 Å². The van der Waals surface area contributed by atoms with Gasteiger partial charge in [-0.2, -0.15) is 0 Å². The summed E-state index contributed by atoms with van der Waals surface area (Å²) in [6.45, 7) is 1.80. The van der Waals surface area contributed by atoms with Crippen LogP contribution in [0.25, 0.3) is 21.3 Å². The molecule has 2 aromatic heterocycles. The summed E-state index contributed by atoms with van der Waals surface area (Å²) < 4.78 is 27.8. The monoisotopic (exact) mass is 384 g/mol. The third-order valence-corrected chi connectivity index (χ3v) is 5.39. The lowest BCUT2D eigenvalue weighted by atomic mass is 10.0. The first kappa shape index (κ1) is 17.4. The first-order valence-electron chi connectivity index (χ1n) is 8.20.